The van der Waals surface area contributed by atoms with Gasteiger partial charge in [0.1, 0.15) is 24.0 Å². The highest BCUT2D eigenvalue weighted by Crippen LogP contribution is 2.54. The van der Waals surface area contributed by atoms with Crippen molar-refractivity contribution in [1.82, 2.24) is 9.55 Å². The van der Waals surface area contributed by atoms with Crippen molar-refractivity contribution in [1.29, 1.82) is 0 Å². The Hall–Kier alpha value is -9.45. The van der Waals surface area contributed by atoms with Crippen LogP contribution in [-0.2, 0) is 21.7 Å². The molecule has 10 aromatic carbocycles. The van der Waals surface area contributed by atoms with E-state index in [1.807, 2.05) is 118 Å². The number of hydrogen-bond donors (Lipinski definition) is 0. The van der Waals surface area contributed by atoms with Crippen LogP contribution < -0.4 is 14.5 Å². The molecule has 0 saturated heterocycles. The lowest BCUT2D eigenvalue weighted by molar-refractivity contribution is 0.332. The van der Waals surface area contributed by atoms with Crippen molar-refractivity contribution in [2.75, 3.05) is 16.5 Å². The van der Waals surface area contributed by atoms with E-state index in [2.05, 4.69) is 101 Å². The monoisotopic (exact) mass is 1140 g/mol. The Labute approximate surface area is 531 Å². The Balaban J connectivity index is 0.941. The highest BCUT2D eigenvalue weighted by atomic mass is 16.5. The van der Waals surface area contributed by atoms with Crippen molar-refractivity contribution >= 4 is 44.6 Å². The molecule has 0 bridgehead atoms. The van der Waals surface area contributed by atoms with E-state index in [1.165, 1.54) is 17.3 Å². The van der Waals surface area contributed by atoms with Crippen molar-refractivity contribution in [3.63, 3.8) is 0 Å². The summed E-state index contributed by atoms with van der Waals surface area (Å²) in [7, 11) is 0. The van der Waals surface area contributed by atoms with Crippen molar-refractivity contribution in [3.8, 4) is 73.0 Å². The third kappa shape index (κ3) is 10.2. The highest BCUT2D eigenvalue weighted by molar-refractivity contribution is 6.09. The Morgan fingerprint density at radius 3 is 1.75 bits per heavy atom. The summed E-state index contributed by atoms with van der Waals surface area (Å²) >= 11 is 0. The summed E-state index contributed by atoms with van der Waals surface area (Å²) in [5.41, 5.74) is 12.7. The van der Waals surface area contributed by atoms with Gasteiger partial charge in [-0.15, -0.1) is 0 Å². The number of ether oxygens (including phenoxy) is 1. The minimum absolute atomic E-state index is 0.00293. The maximum Gasteiger partial charge on any atom is 0.137 e. The topological polar surface area (TPSA) is 33.5 Å². The van der Waals surface area contributed by atoms with Crippen molar-refractivity contribution in [2.45, 2.75) is 104 Å². The second-order valence-electron chi connectivity index (χ2n) is 26.6. The zero-order valence-corrected chi connectivity index (χ0v) is 51.0. The van der Waals surface area contributed by atoms with Crippen LogP contribution in [0.4, 0.5) is 22.7 Å². The number of rotatable bonds is 10. The van der Waals surface area contributed by atoms with E-state index in [0.717, 1.165) is 52.3 Å². The molecule has 12 aromatic rings. The summed E-state index contributed by atoms with van der Waals surface area (Å²) in [6.45, 7) is 22.1. The predicted octanol–water partition coefficient (Wildman–Crippen LogP) is 22.5. The van der Waals surface area contributed by atoms with Crippen molar-refractivity contribution < 1.29 is 21.2 Å². The second-order valence-corrected chi connectivity index (χ2v) is 26.6. The molecule has 0 fully saturated rings. The number of pyridine rings is 1. The number of hydrogen-bond acceptors (Lipinski definition) is 4. The van der Waals surface area contributed by atoms with Gasteiger partial charge < -0.3 is 14.5 Å². The summed E-state index contributed by atoms with van der Waals surface area (Å²) < 4.78 is 119. The minimum Gasteiger partial charge on any atom is -0.457 e. The lowest BCUT2D eigenvalue weighted by atomic mass is 9.63. The molecule has 87 heavy (non-hydrogen) atoms. The smallest absolute Gasteiger partial charge is 0.137 e. The van der Waals surface area contributed by atoms with Gasteiger partial charge in [-0.3, -0.25) is 4.57 Å². The summed E-state index contributed by atoms with van der Waals surface area (Å²) in [6, 6.07) is 50.8. The molecule has 1 aliphatic heterocycles. The standard InChI is InChI=1S/C82H76N4O/c1-79(2,3)61-47-67(57-37-40-70-72(46-57)82(9,10)42-41-81(70,7)8)78(68(48-61)60-44-58(54-25-14-11-15-26-54)43-59(45-60)55-27-16-12-17-28-55)85-53-84(74-35-22-23-36-75(74)85)62-31-24-32-63(49-62)87-64-38-39-66-65-33-20-21-34-73(65)86(76(66)50-64)77-51-71(80(4,5)6)69(52-83-77)56-29-18-13-19-30-56/h11-40,43-52H,41-42,53H2,1-10H3/i13D,18D,19D,20D,21D,29D,30D,33D,34D,43D,44D,45D. The summed E-state index contributed by atoms with van der Waals surface area (Å²) in [5.74, 6) is 1.15. The number of anilines is 4. The molecule has 0 amide bonds. The molecule has 0 atom stereocenters. The number of fused-ring (bicyclic) bond motifs is 5. The van der Waals surface area contributed by atoms with Gasteiger partial charge in [-0.1, -0.05) is 215 Å². The van der Waals surface area contributed by atoms with Gasteiger partial charge in [-0.05, 0) is 174 Å². The Kier molecular flexibility index (Phi) is 10.5. The quantitative estimate of drug-likeness (QED) is 0.137. The molecule has 3 heterocycles. The Bertz CT molecular complexity index is 5250. The molecule has 1 aliphatic carbocycles. The Morgan fingerprint density at radius 2 is 1.07 bits per heavy atom. The van der Waals surface area contributed by atoms with Gasteiger partial charge in [0.15, 0.2) is 0 Å². The predicted molar refractivity (Wildman–Crippen MR) is 367 cm³/mol. The van der Waals surface area contributed by atoms with Crippen molar-refractivity contribution in [3.05, 3.63) is 265 Å². The number of nitrogens with zero attached hydrogens (tertiary/aromatic N) is 4. The third-order valence-electron chi connectivity index (χ3n) is 17.7. The van der Waals surface area contributed by atoms with Gasteiger partial charge >= 0.3 is 0 Å². The van der Waals surface area contributed by atoms with Crippen LogP contribution in [0.3, 0.4) is 0 Å². The first-order valence-corrected chi connectivity index (χ1v) is 30.0. The maximum atomic E-state index is 10.5. The van der Waals surface area contributed by atoms with Gasteiger partial charge in [0, 0.05) is 51.5 Å². The van der Waals surface area contributed by atoms with Gasteiger partial charge in [-0.25, -0.2) is 4.98 Å². The lowest BCUT2D eigenvalue weighted by Gasteiger charge is -2.42. The molecule has 14 rings (SSSR count). The fraction of sp³-hybridized carbons (Fsp3) is 0.207. The van der Waals surface area contributed by atoms with Crippen LogP contribution in [-0.4, -0.2) is 16.2 Å². The van der Waals surface area contributed by atoms with E-state index in [0.29, 0.717) is 73.6 Å². The first kappa shape index (κ1) is 43.2. The molecule has 0 unspecified atom stereocenters. The van der Waals surface area contributed by atoms with Crippen LogP contribution in [0.5, 0.6) is 11.5 Å². The van der Waals surface area contributed by atoms with E-state index in [1.54, 1.807) is 28.8 Å². The second kappa shape index (κ2) is 21.2. The molecule has 0 saturated carbocycles. The SMILES string of the molecule is [2H]c1c([2H])c([2H])c(-c2cnc(-n3c4cc(Oc5cccc(N6CN(c7c(-c8ccc9c(c8)C(C)(C)CCC9(C)C)cc(C(C)(C)C)cc7-c7c([2H])c(-c8ccccc8)c([2H])c(-c8ccccc8)c7[2H])c7ccccc76)c5)ccc4c4c([2H])c([2H])c([2H])c([2H])c43)cc2C(C)(C)C)c([2H])c1[2H]. The molecule has 5 heteroatoms. The van der Waals surface area contributed by atoms with Crippen LogP contribution in [0.2, 0.25) is 0 Å². The van der Waals surface area contributed by atoms with Crippen LogP contribution in [0, 0.1) is 0 Å². The molecule has 2 aliphatic rings. The van der Waals surface area contributed by atoms with Crippen LogP contribution >= 0.6 is 0 Å². The summed E-state index contributed by atoms with van der Waals surface area (Å²) in [6.07, 6.45) is 3.56. The fourth-order valence-corrected chi connectivity index (χ4v) is 12.9. The normalized spacial score (nSPS) is 16.5. The largest absolute Gasteiger partial charge is 0.457 e. The minimum atomic E-state index is -0.691. The number of aromatic nitrogens is 2. The third-order valence-corrected chi connectivity index (χ3v) is 17.7. The number of benzene rings is 10. The molecule has 2 aromatic heterocycles. The first-order chi connectivity index (χ1) is 46.9. The lowest BCUT2D eigenvalue weighted by Crippen LogP contribution is -2.33. The zero-order valence-electron chi connectivity index (χ0n) is 63.0. The van der Waals surface area contributed by atoms with Gasteiger partial charge in [0.25, 0.3) is 0 Å². The maximum absolute atomic E-state index is 10.5. The van der Waals surface area contributed by atoms with Crippen LogP contribution in [0.15, 0.2) is 242 Å². The Morgan fingerprint density at radius 1 is 0.460 bits per heavy atom. The molecule has 0 spiro atoms. The average Bonchev–Trinajstić information content (AvgIpc) is 1.61. The van der Waals surface area contributed by atoms with E-state index >= 15 is 0 Å². The van der Waals surface area contributed by atoms with Crippen LogP contribution in [0.1, 0.15) is 121 Å². The van der Waals surface area contributed by atoms with Gasteiger partial charge in [-0.2, -0.15) is 0 Å². The summed E-state index contributed by atoms with van der Waals surface area (Å²) in [4.78, 5) is 9.46. The van der Waals surface area contributed by atoms with E-state index in [9.17, 15) is 6.85 Å². The first-order valence-electron chi connectivity index (χ1n) is 36.0. The molecule has 5 nitrogen and oxygen atoms in total. The van der Waals surface area contributed by atoms with Crippen molar-refractivity contribution in [2.24, 2.45) is 0 Å². The molecular formula is C82H76N4O. The molecular weight excluding hydrogens is 1060 g/mol. The van der Waals surface area contributed by atoms with Gasteiger partial charge in [0.2, 0.25) is 0 Å². The van der Waals surface area contributed by atoms with E-state index < -0.39 is 41.0 Å². The van der Waals surface area contributed by atoms with Crippen LogP contribution in [0.25, 0.3) is 83.3 Å². The molecule has 0 N–H and O–H groups in total. The highest BCUT2D eigenvalue weighted by Gasteiger charge is 2.39. The zero-order chi connectivity index (χ0) is 70.4. The van der Waals surface area contributed by atoms with Gasteiger partial charge in [0.05, 0.1) is 44.5 Å². The summed E-state index contributed by atoms with van der Waals surface area (Å²) in [5, 5.41) is 0.783. The molecule has 430 valence electrons. The average molecular weight is 1150 g/mol. The van der Waals surface area contributed by atoms with E-state index in [4.69, 9.17) is 19.3 Å². The number of para-hydroxylation sites is 3. The fourth-order valence-electron chi connectivity index (χ4n) is 12.9. The van der Waals surface area contributed by atoms with E-state index in [-0.39, 0.29) is 75.4 Å². The molecule has 0 radical (unpaired) electrons.